The molecule has 140 valence electrons. The highest BCUT2D eigenvalue weighted by atomic mass is 79.9. The summed E-state index contributed by atoms with van der Waals surface area (Å²) in [6.45, 7) is 5.51. The van der Waals surface area contributed by atoms with E-state index in [-0.39, 0.29) is 23.6 Å². The van der Waals surface area contributed by atoms with Crippen LogP contribution in [-0.4, -0.2) is 40.6 Å². The number of carbonyl (C=O) groups excluding carboxylic acids is 1. The van der Waals surface area contributed by atoms with Crippen molar-refractivity contribution in [2.24, 2.45) is 5.92 Å². The number of nitriles is 1. The summed E-state index contributed by atoms with van der Waals surface area (Å²) in [4.78, 5) is 22.9. The van der Waals surface area contributed by atoms with E-state index in [0.29, 0.717) is 35.6 Å². The van der Waals surface area contributed by atoms with Gasteiger partial charge in [-0.1, -0.05) is 13.8 Å². The highest BCUT2D eigenvalue weighted by Gasteiger charge is 2.35. The Balaban J connectivity index is 1.93. The first-order valence-electron chi connectivity index (χ1n) is 8.45. The normalized spacial score (nSPS) is 14.0. The van der Waals surface area contributed by atoms with E-state index >= 15 is 0 Å². The van der Waals surface area contributed by atoms with Gasteiger partial charge in [-0.2, -0.15) is 10.2 Å². The Bertz CT molecular complexity index is 882. The highest BCUT2D eigenvalue weighted by Crippen LogP contribution is 2.29. The average molecular weight is 433 g/mol. The molecule has 2 amide bonds. The minimum Gasteiger partial charge on any atom is -0.291 e. The summed E-state index contributed by atoms with van der Waals surface area (Å²) in [5.74, 6) is 0.385. The molecule has 0 atom stereocenters. The maximum absolute atomic E-state index is 13.2. The fourth-order valence-electron chi connectivity index (χ4n) is 2.85. The molecule has 2 heterocycles. The van der Waals surface area contributed by atoms with Gasteiger partial charge < -0.3 is 0 Å². The van der Waals surface area contributed by atoms with Crippen LogP contribution in [0, 0.1) is 23.1 Å². The van der Waals surface area contributed by atoms with Crippen LogP contribution >= 0.6 is 15.9 Å². The van der Waals surface area contributed by atoms with E-state index < -0.39 is 0 Å². The number of aromatic nitrogens is 2. The van der Waals surface area contributed by atoms with Crippen molar-refractivity contribution in [3.8, 4) is 6.07 Å². The van der Waals surface area contributed by atoms with E-state index in [1.54, 1.807) is 27.1 Å². The van der Waals surface area contributed by atoms with Gasteiger partial charge in [0.1, 0.15) is 11.9 Å². The summed E-state index contributed by atoms with van der Waals surface area (Å²) in [5, 5.41) is 12.5. The number of hydrazine groups is 1. The van der Waals surface area contributed by atoms with Gasteiger partial charge in [-0.25, -0.2) is 19.2 Å². The van der Waals surface area contributed by atoms with Crippen molar-refractivity contribution in [1.82, 2.24) is 15.0 Å². The Kier molecular flexibility index (Phi) is 5.56. The van der Waals surface area contributed by atoms with Crippen molar-refractivity contribution in [2.45, 2.75) is 13.8 Å². The maximum Gasteiger partial charge on any atom is 0.343 e. The lowest BCUT2D eigenvalue weighted by atomic mass is 10.2. The molecular weight excluding hydrogens is 415 g/mol. The molecule has 7 nitrogen and oxygen atoms in total. The Labute approximate surface area is 165 Å². The molecule has 1 saturated heterocycles. The van der Waals surface area contributed by atoms with Gasteiger partial charge in [0, 0.05) is 25.0 Å². The molecular formula is C18H18BrFN6O. The molecule has 0 bridgehead atoms. The van der Waals surface area contributed by atoms with Gasteiger partial charge in [0.15, 0.2) is 5.82 Å². The van der Waals surface area contributed by atoms with Crippen molar-refractivity contribution >= 4 is 33.5 Å². The molecule has 27 heavy (non-hydrogen) atoms. The zero-order chi connectivity index (χ0) is 19.6. The molecule has 0 N–H and O–H groups in total. The van der Waals surface area contributed by atoms with Crippen LogP contribution in [0.5, 0.6) is 0 Å². The number of anilines is 2. The third kappa shape index (κ3) is 4.01. The number of carbonyl (C=O) groups is 1. The molecule has 1 aliphatic rings. The van der Waals surface area contributed by atoms with Gasteiger partial charge in [0.05, 0.1) is 11.0 Å². The van der Waals surface area contributed by atoms with Crippen LogP contribution in [0.15, 0.2) is 34.9 Å². The predicted octanol–water partition coefficient (Wildman–Crippen LogP) is 3.57. The van der Waals surface area contributed by atoms with E-state index in [4.69, 9.17) is 5.26 Å². The number of benzene rings is 1. The van der Waals surface area contributed by atoms with Crippen LogP contribution in [0.2, 0.25) is 0 Å². The molecule has 0 saturated carbocycles. The monoisotopic (exact) mass is 432 g/mol. The van der Waals surface area contributed by atoms with E-state index in [2.05, 4.69) is 25.9 Å². The van der Waals surface area contributed by atoms with Gasteiger partial charge in [0.25, 0.3) is 0 Å². The molecule has 0 spiro atoms. The Morgan fingerprint density at radius 3 is 2.67 bits per heavy atom. The molecule has 0 aliphatic carbocycles. The SMILES string of the molecule is CC(C)CN(c1nc(C#N)ncc1Br)N1CCN(c2ccc(F)cc2)C1=O. The first-order chi connectivity index (χ1) is 12.9. The van der Waals surface area contributed by atoms with E-state index in [0.717, 1.165) is 0 Å². The van der Waals surface area contributed by atoms with Crippen molar-refractivity contribution in [3.63, 3.8) is 0 Å². The van der Waals surface area contributed by atoms with Crippen LogP contribution < -0.4 is 9.91 Å². The molecule has 1 aromatic carbocycles. The lowest BCUT2D eigenvalue weighted by Gasteiger charge is -2.34. The van der Waals surface area contributed by atoms with Crippen molar-refractivity contribution in [2.75, 3.05) is 29.5 Å². The summed E-state index contributed by atoms with van der Waals surface area (Å²) in [7, 11) is 0. The Morgan fingerprint density at radius 2 is 2.04 bits per heavy atom. The molecule has 9 heteroatoms. The summed E-state index contributed by atoms with van der Waals surface area (Å²) in [6.07, 6.45) is 1.51. The second-order valence-corrected chi connectivity index (χ2v) is 7.34. The number of amides is 2. The topological polar surface area (TPSA) is 76.4 Å². The average Bonchev–Trinajstić information content (AvgIpc) is 3.02. The summed E-state index contributed by atoms with van der Waals surface area (Å²) in [6, 6.07) is 7.52. The summed E-state index contributed by atoms with van der Waals surface area (Å²) >= 11 is 3.42. The van der Waals surface area contributed by atoms with E-state index in [1.807, 2.05) is 19.9 Å². The quantitative estimate of drug-likeness (QED) is 0.721. The minimum atomic E-state index is -0.349. The Morgan fingerprint density at radius 1 is 1.33 bits per heavy atom. The summed E-state index contributed by atoms with van der Waals surface area (Å²) < 4.78 is 13.8. The number of rotatable bonds is 5. The number of hydrogen-bond acceptors (Lipinski definition) is 5. The van der Waals surface area contributed by atoms with Crippen LogP contribution in [0.3, 0.4) is 0 Å². The third-order valence-electron chi connectivity index (χ3n) is 4.03. The lowest BCUT2D eigenvalue weighted by Crippen LogP contribution is -2.48. The van der Waals surface area contributed by atoms with E-state index in [1.165, 1.54) is 18.3 Å². The minimum absolute atomic E-state index is 0.0315. The van der Waals surface area contributed by atoms with Crippen LogP contribution in [0.4, 0.5) is 20.7 Å². The molecule has 0 unspecified atom stereocenters. The smallest absolute Gasteiger partial charge is 0.291 e. The molecule has 2 aromatic rings. The third-order valence-corrected chi connectivity index (χ3v) is 4.58. The van der Waals surface area contributed by atoms with Gasteiger partial charge in [-0.15, -0.1) is 0 Å². The standard InChI is InChI=1S/C18H18BrFN6O/c1-12(2)11-26(17-15(19)10-22-16(9-21)23-17)25-8-7-24(18(25)27)14-5-3-13(20)4-6-14/h3-6,10,12H,7-8,11H2,1-2H3. The van der Waals surface area contributed by atoms with Crippen molar-refractivity contribution in [3.05, 3.63) is 46.6 Å². The number of hydrogen-bond donors (Lipinski definition) is 0. The van der Waals surface area contributed by atoms with Gasteiger partial charge >= 0.3 is 6.03 Å². The van der Waals surface area contributed by atoms with E-state index in [9.17, 15) is 9.18 Å². The van der Waals surface area contributed by atoms with Crippen LogP contribution in [0.25, 0.3) is 0 Å². The molecule has 0 radical (unpaired) electrons. The molecule has 1 aromatic heterocycles. The number of urea groups is 1. The fourth-order valence-corrected chi connectivity index (χ4v) is 3.24. The predicted molar refractivity (Wildman–Crippen MR) is 102 cm³/mol. The number of nitrogens with zero attached hydrogens (tertiary/aromatic N) is 6. The molecule has 1 aliphatic heterocycles. The largest absolute Gasteiger partial charge is 0.343 e. The van der Waals surface area contributed by atoms with Crippen molar-refractivity contribution in [1.29, 1.82) is 5.26 Å². The Hall–Kier alpha value is -2.73. The van der Waals surface area contributed by atoms with Crippen molar-refractivity contribution < 1.29 is 9.18 Å². The van der Waals surface area contributed by atoms with Crippen LogP contribution in [0.1, 0.15) is 19.7 Å². The first kappa shape index (κ1) is 19.0. The zero-order valence-electron chi connectivity index (χ0n) is 14.9. The molecule has 1 fully saturated rings. The fraction of sp³-hybridized carbons (Fsp3) is 0.333. The number of halogens is 2. The second kappa shape index (κ2) is 7.88. The van der Waals surface area contributed by atoms with Gasteiger partial charge in [0.2, 0.25) is 5.82 Å². The first-order valence-corrected chi connectivity index (χ1v) is 9.24. The lowest BCUT2D eigenvalue weighted by molar-refractivity contribution is 0.213. The molecule has 3 rings (SSSR count). The summed E-state index contributed by atoms with van der Waals surface area (Å²) in [5.41, 5.74) is 0.632. The zero-order valence-corrected chi connectivity index (χ0v) is 16.5. The second-order valence-electron chi connectivity index (χ2n) is 6.49. The maximum atomic E-state index is 13.2. The highest BCUT2D eigenvalue weighted by molar-refractivity contribution is 9.10. The van der Waals surface area contributed by atoms with Crippen LogP contribution in [-0.2, 0) is 0 Å². The van der Waals surface area contributed by atoms with Gasteiger partial charge in [-0.3, -0.25) is 9.91 Å². The van der Waals surface area contributed by atoms with Gasteiger partial charge in [-0.05, 0) is 46.1 Å².